The fourth-order valence-corrected chi connectivity index (χ4v) is 4.56. The Labute approximate surface area is 175 Å². The van der Waals surface area contributed by atoms with Crippen molar-refractivity contribution in [3.63, 3.8) is 0 Å². The number of rotatable bonds is 4. The first kappa shape index (κ1) is 19.0. The first-order valence-corrected chi connectivity index (χ1v) is 10.9. The summed E-state index contributed by atoms with van der Waals surface area (Å²) < 4.78 is 7.25. The summed E-state index contributed by atoms with van der Waals surface area (Å²) in [5, 5.41) is 12.6. The van der Waals surface area contributed by atoms with Gasteiger partial charge in [-0.3, -0.25) is 4.79 Å². The summed E-state index contributed by atoms with van der Waals surface area (Å²) in [6.45, 7) is 1.54. The minimum Gasteiger partial charge on any atom is -0.340 e. The first-order chi connectivity index (χ1) is 14.8. The zero-order valence-corrected chi connectivity index (χ0v) is 17.0. The second kappa shape index (κ2) is 8.38. The molecular weight excluding hydrogens is 380 g/mol. The van der Waals surface area contributed by atoms with E-state index in [1.54, 1.807) is 0 Å². The molecule has 1 aromatic carbocycles. The summed E-state index contributed by atoms with van der Waals surface area (Å²) in [5.41, 5.74) is 1.45. The third kappa shape index (κ3) is 3.86. The van der Waals surface area contributed by atoms with Crippen LogP contribution in [0.25, 0.3) is 23.0 Å². The Morgan fingerprint density at radius 2 is 1.87 bits per heavy atom. The zero-order chi connectivity index (χ0) is 20.3. The lowest BCUT2D eigenvalue weighted by atomic mass is 9.87. The number of hydrogen-bond donors (Lipinski definition) is 0. The lowest BCUT2D eigenvalue weighted by Gasteiger charge is -2.35. The number of piperidine rings is 1. The molecule has 30 heavy (non-hydrogen) atoms. The number of likely N-dealkylation sites (tertiary alicyclic amines) is 1. The number of aromatic nitrogens is 5. The lowest BCUT2D eigenvalue weighted by Crippen LogP contribution is -2.44. The predicted octanol–water partition coefficient (Wildman–Crippen LogP) is 3.74. The fraction of sp³-hybridized carbons (Fsp3) is 0.500. The minimum atomic E-state index is 0.129. The lowest BCUT2D eigenvalue weighted by molar-refractivity contribution is -0.138. The molecule has 5 rings (SSSR count). The van der Waals surface area contributed by atoms with Gasteiger partial charge in [-0.05, 0) is 25.7 Å². The molecule has 1 aliphatic heterocycles. The van der Waals surface area contributed by atoms with Crippen LogP contribution in [0, 0.1) is 5.92 Å². The van der Waals surface area contributed by atoms with Crippen molar-refractivity contribution in [2.75, 3.05) is 13.1 Å². The second-order valence-corrected chi connectivity index (χ2v) is 8.29. The van der Waals surface area contributed by atoms with E-state index < -0.39 is 0 Å². The number of benzene rings is 1. The molecule has 1 saturated carbocycles. The summed E-state index contributed by atoms with van der Waals surface area (Å²) in [7, 11) is 0. The highest BCUT2D eigenvalue weighted by Crippen LogP contribution is 2.29. The molecule has 3 aromatic rings. The highest BCUT2D eigenvalue weighted by molar-refractivity contribution is 5.79. The van der Waals surface area contributed by atoms with E-state index in [1.165, 1.54) is 19.3 Å². The van der Waals surface area contributed by atoms with Gasteiger partial charge in [0, 0.05) is 24.6 Å². The van der Waals surface area contributed by atoms with Gasteiger partial charge >= 0.3 is 0 Å². The van der Waals surface area contributed by atoms with Crippen LogP contribution >= 0.6 is 0 Å². The van der Waals surface area contributed by atoms with Gasteiger partial charge in [0.2, 0.25) is 11.7 Å². The van der Waals surface area contributed by atoms with Crippen molar-refractivity contribution in [1.82, 2.24) is 30.0 Å². The largest absolute Gasteiger partial charge is 0.340 e. The first-order valence-electron chi connectivity index (χ1n) is 10.9. The molecule has 0 radical (unpaired) electrons. The van der Waals surface area contributed by atoms with Crippen molar-refractivity contribution in [2.24, 2.45) is 5.92 Å². The van der Waals surface area contributed by atoms with Crippen LogP contribution in [0.2, 0.25) is 0 Å². The molecule has 2 fully saturated rings. The Bertz CT molecular complexity index is 992. The number of carbonyl (C=O) groups is 1. The van der Waals surface area contributed by atoms with E-state index >= 15 is 0 Å². The Kier molecular flexibility index (Phi) is 5.29. The van der Waals surface area contributed by atoms with Gasteiger partial charge in [0.05, 0.1) is 12.2 Å². The molecule has 1 saturated heterocycles. The highest BCUT2D eigenvalue weighted by Gasteiger charge is 2.31. The molecule has 0 spiro atoms. The molecule has 0 bridgehead atoms. The topological polar surface area (TPSA) is 89.9 Å². The van der Waals surface area contributed by atoms with E-state index in [0.29, 0.717) is 29.9 Å². The average Bonchev–Trinajstić information content (AvgIpc) is 3.50. The van der Waals surface area contributed by atoms with Crippen molar-refractivity contribution in [3.8, 4) is 23.0 Å². The van der Waals surface area contributed by atoms with Crippen LogP contribution in [-0.2, 0) is 4.79 Å². The van der Waals surface area contributed by atoms with E-state index in [4.69, 9.17) is 4.52 Å². The van der Waals surface area contributed by atoms with Gasteiger partial charge in [-0.25, -0.2) is 4.68 Å². The van der Waals surface area contributed by atoms with Crippen molar-refractivity contribution < 1.29 is 9.32 Å². The Balaban J connectivity index is 1.28. The average molecular weight is 406 g/mol. The fourth-order valence-electron chi connectivity index (χ4n) is 4.56. The molecule has 1 amide bonds. The molecule has 8 heteroatoms. The highest BCUT2D eigenvalue weighted by atomic mass is 16.5. The molecular formula is C22H26N6O2. The third-order valence-electron chi connectivity index (χ3n) is 6.22. The van der Waals surface area contributed by atoms with E-state index in [-0.39, 0.29) is 12.0 Å². The van der Waals surface area contributed by atoms with Gasteiger partial charge in [0.25, 0.3) is 5.89 Å². The number of amides is 1. The summed E-state index contributed by atoms with van der Waals surface area (Å²) in [4.78, 5) is 19.4. The van der Waals surface area contributed by atoms with Crippen LogP contribution in [0.15, 0.2) is 41.1 Å². The minimum absolute atomic E-state index is 0.129. The zero-order valence-electron chi connectivity index (χ0n) is 17.0. The molecule has 1 atom stereocenters. The molecule has 3 heterocycles. The van der Waals surface area contributed by atoms with Gasteiger partial charge in [-0.15, -0.1) is 5.10 Å². The number of hydrogen-bond acceptors (Lipinski definition) is 6. The molecule has 0 N–H and O–H groups in total. The van der Waals surface area contributed by atoms with Crippen LogP contribution < -0.4 is 0 Å². The van der Waals surface area contributed by atoms with Crippen LogP contribution in [-0.4, -0.2) is 49.0 Å². The summed E-state index contributed by atoms with van der Waals surface area (Å²) in [6.07, 6.45) is 9.50. The SMILES string of the molecule is O=C(C1CCCCC1)N1CCCC(n2cc(-c3nc(-c4ccccc4)no3)nn2)C1. The van der Waals surface area contributed by atoms with Gasteiger partial charge in [0.1, 0.15) is 0 Å². The van der Waals surface area contributed by atoms with Gasteiger partial charge in [-0.2, -0.15) is 4.98 Å². The summed E-state index contributed by atoms with van der Waals surface area (Å²) in [5.74, 6) is 1.41. The van der Waals surface area contributed by atoms with E-state index in [2.05, 4.69) is 20.5 Å². The van der Waals surface area contributed by atoms with Crippen molar-refractivity contribution in [3.05, 3.63) is 36.5 Å². The second-order valence-electron chi connectivity index (χ2n) is 8.29. The number of nitrogens with zero attached hydrogens (tertiary/aromatic N) is 6. The van der Waals surface area contributed by atoms with Crippen LogP contribution in [0.4, 0.5) is 0 Å². The smallest absolute Gasteiger partial charge is 0.280 e. The molecule has 8 nitrogen and oxygen atoms in total. The van der Waals surface area contributed by atoms with E-state index in [9.17, 15) is 4.79 Å². The monoisotopic (exact) mass is 406 g/mol. The molecule has 156 valence electrons. The maximum Gasteiger partial charge on any atom is 0.280 e. The van der Waals surface area contributed by atoms with E-state index in [0.717, 1.165) is 37.8 Å². The van der Waals surface area contributed by atoms with Crippen molar-refractivity contribution in [2.45, 2.75) is 51.0 Å². The van der Waals surface area contributed by atoms with Crippen LogP contribution in [0.5, 0.6) is 0 Å². The molecule has 2 aliphatic rings. The van der Waals surface area contributed by atoms with Crippen LogP contribution in [0.1, 0.15) is 51.0 Å². The van der Waals surface area contributed by atoms with Crippen molar-refractivity contribution >= 4 is 5.91 Å². The molecule has 1 aliphatic carbocycles. The van der Waals surface area contributed by atoms with E-state index in [1.807, 2.05) is 46.1 Å². The normalized spacial score (nSPS) is 20.4. The maximum atomic E-state index is 12.9. The Hall–Kier alpha value is -3.03. The third-order valence-corrected chi connectivity index (χ3v) is 6.22. The summed E-state index contributed by atoms with van der Waals surface area (Å²) >= 11 is 0. The van der Waals surface area contributed by atoms with Gasteiger partial charge in [0.15, 0.2) is 5.69 Å². The van der Waals surface area contributed by atoms with Crippen molar-refractivity contribution in [1.29, 1.82) is 0 Å². The van der Waals surface area contributed by atoms with Gasteiger partial charge < -0.3 is 9.42 Å². The van der Waals surface area contributed by atoms with Crippen LogP contribution in [0.3, 0.4) is 0 Å². The maximum absolute atomic E-state index is 12.9. The molecule has 1 unspecified atom stereocenters. The Morgan fingerprint density at radius 3 is 2.70 bits per heavy atom. The standard InChI is InChI=1S/C22H26N6O2/c29-22(17-10-5-2-6-11-17)27-13-7-12-18(14-27)28-15-19(24-26-28)21-23-20(25-30-21)16-8-3-1-4-9-16/h1,3-4,8-9,15,17-18H,2,5-7,10-14H2. The number of carbonyl (C=O) groups excluding carboxylic acids is 1. The molecule has 2 aromatic heterocycles. The summed E-state index contributed by atoms with van der Waals surface area (Å²) in [6, 6.07) is 9.82. The van der Waals surface area contributed by atoms with Gasteiger partial charge in [-0.1, -0.05) is 60.0 Å². The Morgan fingerprint density at radius 1 is 1.03 bits per heavy atom. The predicted molar refractivity (Wildman–Crippen MR) is 110 cm³/mol. The quantitative estimate of drug-likeness (QED) is 0.656.